The van der Waals surface area contributed by atoms with E-state index in [1.54, 1.807) is 36.4 Å². The van der Waals surface area contributed by atoms with Crippen LogP contribution in [-0.4, -0.2) is 11.1 Å². The molecule has 0 saturated heterocycles. The highest BCUT2D eigenvalue weighted by Crippen LogP contribution is 2.23. The SMILES string of the molecule is N#Cc1ccccc1-c1cccc(C(=O)O)c1. The number of hydrogen-bond donors (Lipinski definition) is 1. The lowest BCUT2D eigenvalue weighted by molar-refractivity contribution is 0.0697. The van der Waals surface area contributed by atoms with E-state index >= 15 is 0 Å². The molecule has 0 amide bonds. The molecule has 0 fully saturated rings. The quantitative estimate of drug-likeness (QED) is 0.851. The minimum atomic E-state index is -0.971. The van der Waals surface area contributed by atoms with Gasteiger partial charge in [0.1, 0.15) is 0 Å². The molecule has 2 rings (SSSR count). The number of hydrogen-bond acceptors (Lipinski definition) is 2. The molecule has 2 aromatic carbocycles. The van der Waals surface area contributed by atoms with Crippen LogP contribution in [0.5, 0.6) is 0 Å². The molecule has 3 heteroatoms. The van der Waals surface area contributed by atoms with Crippen molar-refractivity contribution in [3.8, 4) is 17.2 Å². The molecule has 82 valence electrons. The Balaban J connectivity index is 2.57. The fraction of sp³-hybridized carbons (Fsp3) is 0. The summed E-state index contributed by atoms with van der Waals surface area (Å²) in [5.41, 5.74) is 2.24. The zero-order valence-corrected chi connectivity index (χ0v) is 8.92. The maximum Gasteiger partial charge on any atom is 0.335 e. The van der Waals surface area contributed by atoms with Crippen LogP contribution in [0, 0.1) is 11.3 Å². The third-order valence-electron chi connectivity index (χ3n) is 2.47. The van der Waals surface area contributed by atoms with Crippen LogP contribution in [0.4, 0.5) is 0 Å². The number of carboxylic acids is 1. The Morgan fingerprint density at radius 2 is 1.88 bits per heavy atom. The van der Waals surface area contributed by atoms with Gasteiger partial charge in [0.25, 0.3) is 0 Å². The lowest BCUT2D eigenvalue weighted by Crippen LogP contribution is -1.96. The largest absolute Gasteiger partial charge is 0.478 e. The van der Waals surface area contributed by atoms with E-state index in [-0.39, 0.29) is 5.56 Å². The summed E-state index contributed by atoms with van der Waals surface area (Å²) >= 11 is 0. The van der Waals surface area contributed by atoms with Crippen molar-refractivity contribution < 1.29 is 9.90 Å². The van der Waals surface area contributed by atoms with Crippen LogP contribution in [-0.2, 0) is 0 Å². The Morgan fingerprint density at radius 1 is 1.12 bits per heavy atom. The number of benzene rings is 2. The first-order chi connectivity index (χ1) is 8.22. The van der Waals surface area contributed by atoms with Crippen LogP contribution < -0.4 is 0 Å². The molecule has 0 aliphatic carbocycles. The van der Waals surface area contributed by atoms with E-state index in [2.05, 4.69) is 6.07 Å². The molecule has 0 aliphatic heterocycles. The van der Waals surface area contributed by atoms with Crippen molar-refractivity contribution in [2.24, 2.45) is 0 Å². The minimum absolute atomic E-state index is 0.218. The molecule has 1 N–H and O–H groups in total. The highest BCUT2D eigenvalue weighted by molar-refractivity contribution is 5.89. The second-order valence-corrected chi connectivity index (χ2v) is 3.54. The van der Waals surface area contributed by atoms with Gasteiger partial charge in [-0.3, -0.25) is 0 Å². The van der Waals surface area contributed by atoms with Crippen LogP contribution >= 0.6 is 0 Å². The lowest BCUT2D eigenvalue weighted by Gasteiger charge is -2.04. The van der Waals surface area contributed by atoms with Gasteiger partial charge in [-0.25, -0.2) is 4.79 Å². The minimum Gasteiger partial charge on any atom is -0.478 e. The van der Waals surface area contributed by atoms with E-state index in [1.165, 1.54) is 6.07 Å². The Labute approximate surface area is 98.6 Å². The normalized spacial score (nSPS) is 9.59. The Bertz CT molecular complexity index is 612. The monoisotopic (exact) mass is 223 g/mol. The van der Waals surface area contributed by atoms with Gasteiger partial charge in [-0.2, -0.15) is 5.26 Å². The predicted octanol–water partition coefficient (Wildman–Crippen LogP) is 2.92. The zero-order chi connectivity index (χ0) is 12.3. The summed E-state index contributed by atoms with van der Waals surface area (Å²) in [6.07, 6.45) is 0. The third kappa shape index (κ3) is 2.16. The molecule has 0 bridgehead atoms. The summed E-state index contributed by atoms with van der Waals surface area (Å²) in [6, 6.07) is 15.8. The van der Waals surface area contributed by atoms with Gasteiger partial charge in [-0.05, 0) is 29.3 Å². The topological polar surface area (TPSA) is 61.1 Å². The maximum atomic E-state index is 10.9. The molecule has 3 nitrogen and oxygen atoms in total. The van der Waals surface area contributed by atoms with E-state index in [0.717, 1.165) is 11.1 Å². The van der Waals surface area contributed by atoms with Gasteiger partial charge >= 0.3 is 5.97 Å². The highest BCUT2D eigenvalue weighted by Gasteiger charge is 2.07. The molecule has 0 saturated carbocycles. The molecular formula is C14H9NO2. The smallest absolute Gasteiger partial charge is 0.335 e. The van der Waals surface area contributed by atoms with Crippen LogP contribution in [0.1, 0.15) is 15.9 Å². The van der Waals surface area contributed by atoms with Crippen molar-refractivity contribution in [2.45, 2.75) is 0 Å². The number of aromatic carboxylic acids is 1. The molecule has 0 heterocycles. The van der Waals surface area contributed by atoms with Crippen LogP contribution in [0.15, 0.2) is 48.5 Å². The van der Waals surface area contributed by atoms with Gasteiger partial charge in [0.05, 0.1) is 17.2 Å². The van der Waals surface area contributed by atoms with Crippen LogP contribution in [0.3, 0.4) is 0 Å². The van der Waals surface area contributed by atoms with Crippen molar-refractivity contribution in [3.63, 3.8) is 0 Å². The molecule has 0 unspecified atom stereocenters. The fourth-order valence-electron chi connectivity index (χ4n) is 1.65. The number of rotatable bonds is 2. The molecular weight excluding hydrogens is 214 g/mol. The van der Waals surface area contributed by atoms with Crippen molar-refractivity contribution in [1.82, 2.24) is 0 Å². The summed E-state index contributed by atoms with van der Waals surface area (Å²) in [4.78, 5) is 10.9. The molecule has 0 aromatic heterocycles. The molecule has 0 atom stereocenters. The lowest BCUT2D eigenvalue weighted by atomic mass is 9.99. The number of carbonyl (C=O) groups is 1. The van der Waals surface area contributed by atoms with E-state index in [0.29, 0.717) is 5.56 Å². The number of nitriles is 1. The number of carboxylic acid groups (broad SMARTS) is 1. The van der Waals surface area contributed by atoms with Crippen molar-refractivity contribution in [2.75, 3.05) is 0 Å². The Hall–Kier alpha value is -2.60. The molecule has 0 spiro atoms. The molecule has 17 heavy (non-hydrogen) atoms. The summed E-state index contributed by atoms with van der Waals surface area (Å²) in [6.45, 7) is 0. The van der Waals surface area contributed by atoms with Crippen molar-refractivity contribution >= 4 is 5.97 Å². The number of nitrogens with zero attached hydrogens (tertiary/aromatic N) is 1. The average Bonchev–Trinajstić information content (AvgIpc) is 2.39. The van der Waals surface area contributed by atoms with Gasteiger partial charge in [0, 0.05) is 0 Å². The molecule has 2 aromatic rings. The summed E-state index contributed by atoms with van der Waals surface area (Å²) in [5, 5.41) is 17.9. The first-order valence-corrected chi connectivity index (χ1v) is 5.05. The zero-order valence-electron chi connectivity index (χ0n) is 8.92. The van der Waals surface area contributed by atoms with Gasteiger partial charge in [-0.15, -0.1) is 0 Å². The first-order valence-electron chi connectivity index (χ1n) is 5.05. The summed E-state index contributed by atoms with van der Waals surface area (Å²) in [5.74, 6) is -0.971. The third-order valence-corrected chi connectivity index (χ3v) is 2.47. The highest BCUT2D eigenvalue weighted by atomic mass is 16.4. The first kappa shape index (κ1) is 10.9. The van der Waals surface area contributed by atoms with E-state index in [9.17, 15) is 4.79 Å². The van der Waals surface area contributed by atoms with Gasteiger partial charge < -0.3 is 5.11 Å². The van der Waals surface area contributed by atoms with Crippen LogP contribution in [0.2, 0.25) is 0 Å². The van der Waals surface area contributed by atoms with E-state index in [4.69, 9.17) is 10.4 Å². The van der Waals surface area contributed by atoms with Crippen LogP contribution in [0.25, 0.3) is 11.1 Å². The van der Waals surface area contributed by atoms with E-state index in [1.807, 2.05) is 6.07 Å². The molecule has 0 aliphatic rings. The van der Waals surface area contributed by atoms with E-state index < -0.39 is 5.97 Å². The molecule has 0 radical (unpaired) electrons. The maximum absolute atomic E-state index is 10.9. The fourth-order valence-corrected chi connectivity index (χ4v) is 1.65. The van der Waals surface area contributed by atoms with Gasteiger partial charge in [0.2, 0.25) is 0 Å². The summed E-state index contributed by atoms with van der Waals surface area (Å²) < 4.78 is 0. The van der Waals surface area contributed by atoms with Gasteiger partial charge in [0.15, 0.2) is 0 Å². The summed E-state index contributed by atoms with van der Waals surface area (Å²) in [7, 11) is 0. The van der Waals surface area contributed by atoms with Crippen molar-refractivity contribution in [3.05, 3.63) is 59.7 Å². The second-order valence-electron chi connectivity index (χ2n) is 3.54. The predicted molar refractivity (Wildman–Crippen MR) is 63.6 cm³/mol. The Morgan fingerprint density at radius 3 is 2.59 bits per heavy atom. The van der Waals surface area contributed by atoms with Crippen molar-refractivity contribution in [1.29, 1.82) is 5.26 Å². The second kappa shape index (κ2) is 4.50. The Kier molecular flexibility index (Phi) is 2.89. The van der Waals surface area contributed by atoms with Gasteiger partial charge in [-0.1, -0.05) is 30.3 Å². The standard InChI is InChI=1S/C14H9NO2/c15-9-12-4-1-2-7-13(12)10-5-3-6-11(8-10)14(16)17/h1-8H,(H,16,17). The average molecular weight is 223 g/mol.